The van der Waals surface area contributed by atoms with E-state index in [1.807, 2.05) is 36.4 Å². The second kappa shape index (κ2) is 9.36. The van der Waals surface area contributed by atoms with Crippen LogP contribution >= 0.6 is 22.6 Å². The predicted molar refractivity (Wildman–Crippen MR) is 123 cm³/mol. The standard InChI is InChI=1S/C21H20IN3O3S/c1-29(27,28)25(20-8-4-18(22)5-9-20)15-21(26)24-19-6-2-16(3-7-19)14-17-10-12-23-13-11-17/h2-13H,14-15H2,1H3,(H,24,26). The number of anilines is 2. The minimum Gasteiger partial charge on any atom is -0.325 e. The van der Waals surface area contributed by atoms with Gasteiger partial charge >= 0.3 is 0 Å². The van der Waals surface area contributed by atoms with Crippen molar-refractivity contribution in [3.05, 3.63) is 87.8 Å². The van der Waals surface area contributed by atoms with Crippen LogP contribution in [0.3, 0.4) is 0 Å². The molecule has 1 N–H and O–H groups in total. The summed E-state index contributed by atoms with van der Waals surface area (Å²) in [6.07, 6.45) is 5.37. The van der Waals surface area contributed by atoms with Gasteiger partial charge in [0.1, 0.15) is 6.54 Å². The molecule has 1 amide bonds. The number of halogens is 1. The highest BCUT2D eigenvalue weighted by Crippen LogP contribution is 2.19. The van der Waals surface area contributed by atoms with Gasteiger partial charge < -0.3 is 5.32 Å². The third kappa shape index (κ3) is 6.26. The molecule has 6 nitrogen and oxygen atoms in total. The largest absolute Gasteiger partial charge is 0.325 e. The molecule has 0 spiro atoms. The Hall–Kier alpha value is -2.46. The third-order valence-corrected chi connectivity index (χ3v) is 6.06. The van der Waals surface area contributed by atoms with Gasteiger partial charge in [-0.1, -0.05) is 12.1 Å². The first-order chi connectivity index (χ1) is 13.8. The second-order valence-corrected chi connectivity index (χ2v) is 9.68. The van der Waals surface area contributed by atoms with Crippen LogP contribution in [-0.4, -0.2) is 32.1 Å². The lowest BCUT2D eigenvalue weighted by molar-refractivity contribution is -0.114. The van der Waals surface area contributed by atoms with E-state index >= 15 is 0 Å². The summed E-state index contributed by atoms with van der Waals surface area (Å²) in [4.78, 5) is 16.5. The number of amides is 1. The zero-order chi connectivity index (χ0) is 20.9. The van der Waals surface area contributed by atoms with Crippen molar-refractivity contribution in [3.63, 3.8) is 0 Å². The first kappa shape index (κ1) is 21.3. The van der Waals surface area contributed by atoms with Gasteiger partial charge in [0.2, 0.25) is 15.9 Å². The molecule has 2 aromatic carbocycles. The highest BCUT2D eigenvalue weighted by Gasteiger charge is 2.20. The number of hydrogen-bond donors (Lipinski definition) is 1. The van der Waals surface area contributed by atoms with Gasteiger partial charge in [-0.25, -0.2) is 8.42 Å². The van der Waals surface area contributed by atoms with E-state index in [-0.39, 0.29) is 6.54 Å². The minimum absolute atomic E-state index is 0.293. The van der Waals surface area contributed by atoms with E-state index in [0.29, 0.717) is 11.4 Å². The summed E-state index contributed by atoms with van der Waals surface area (Å²) in [5, 5.41) is 2.76. The fourth-order valence-corrected chi connectivity index (χ4v) is 4.00. The Morgan fingerprint density at radius 3 is 2.14 bits per heavy atom. The quantitative estimate of drug-likeness (QED) is 0.482. The number of aromatic nitrogens is 1. The van der Waals surface area contributed by atoms with Crippen LogP contribution in [0.5, 0.6) is 0 Å². The van der Waals surface area contributed by atoms with Crippen LogP contribution < -0.4 is 9.62 Å². The highest BCUT2D eigenvalue weighted by atomic mass is 127. The first-order valence-corrected chi connectivity index (χ1v) is 11.7. The SMILES string of the molecule is CS(=O)(=O)N(CC(=O)Nc1ccc(Cc2ccncc2)cc1)c1ccc(I)cc1. The van der Waals surface area contributed by atoms with Gasteiger partial charge in [-0.15, -0.1) is 0 Å². The van der Waals surface area contributed by atoms with Gasteiger partial charge in [0, 0.05) is 21.7 Å². The van der Waals surface area contributed by atoms with E-state index in [1.54, 1.807) is 36.7 Å². The van der Waals surface area contributed by atoms with Crippen LogP contribution in [-0.2, 0) is 21.2 Å². The number of carbonyl (C=O) groups is 1. The van der Waals surface area contributed by atoms with Crippen molar-refractivity contribution in [2.75, 3.05) is 22.4 Å². The van der Waals surface area contributed by atoms with E-state index < -0.39 is 15.9 Å². The van der Waals surface area contributed by atoms with Crippen LogP contribution in [0.4, 0.5) is 11.4 Å². The van der Waals surface area contributed by atoms with Gasteiger partial charge in [-0.3, -0.25) is 14.1 Å². The molecule has 0 radical (unpaired) electrons. The molecule has 0 unspecified atom stereocenters. The molecule has 1 heterocycles. The molecule has 29 heavy (non-hydrogen) atoms. The van der Waals surface area contributed by atoms with Crippen molar-refractivity contribution < 1.29 is 13.2 Å². The Kier molecular flexibility index (Phi) is 6.86. The van der Waals surface area contributed by atoms with Gasteiger partial charge in [0.25, 0.3) is 0 Å². The van der Waals surface area contributed by atoms with E-state index in [0.717, 1.165) is 31.7 Å². The maximum absolute atomic E-state index is 12.5. The third-order valence-electron chi connectivity index (χ3n) is 4.20. The van der Waals surface area contributed by atoms with Crippen molar-refractivity contribution in [2.24, 2.45) is 0 Å². The van der Waals surface area contributed by atoms with E-state index in [1.165, 1.54) is 0 Å². The summed E-state index contributed by atoms with van der Waals surface area (Å²) in [6.45, 7) is -0.293. The minimum atomic E-state index is -3.59. The Balaban J connectivity index is 1.66. The fraction of sp³-hybridized carbons (Fsp3) is 0.143. The maximum atomic E-state index is 12.5. The molecule has 1 aromatic heterocycles. The molecule has 3 rings (SSSR count). The van der Waals surface area contributed by atoms with Crippen molar-refractivity contribution in [3.8, 4) is 0 Å². The summed E-state index contributed by atoms with van der Waals surface area (Å²) in [5.74, 6) is -0.407. The number of pyridine rings is 1. The van der Waals surface area contributed by atoms with E-state index in [2.05, 4.69) is 32.9 Å². The number of carbonyl (C=O) groups excluding carboxylic acids is 1. The van der Waals surface area contributed by atoms with Gasteiger partial charge in [0.15, 0.2) is 0 Å². The van der Waals surface area contributed by atoms with Crippen LogP contribution in [0.25, 0.3) is 0 Å². The van der Waals surface area contributed by atoms with E-state index in [9.17, 15) is 13.2 Å². The molecule has 0 saturated heterocycles. The molecule has 0 aliphatic rings. The smallest absolute Gasteiger partial charge is 0.245 e. The topological polar surface area (TPSA) is 79.4 Å². The highest BCUT2D eigenvalue weighted by molar-refractivity contribution is 14.1. The Morgan fingerprint density at radius 1 is 0.966 bits per heavy atom. The molecule has 0 fully saturated rings. The second-order valence-electron chi connectivity index (χ2n) is 6.52. The van der Waals surface area contributed by atoms with Gasteiger partial charge in [-0.05, 0) is 88.7 Å². The average molecular weight is 521 g/mol. The maximum Gasteiger partial charge on any atom is 0.245 e. The van der Waals surface area contributed by atoms with Crippen molar-refractivity contribution in [1.82, 2.24) is 4.98 Å². The number of nitrogens with one attached hydrogen (secondary N) is 1. The molecule has 3 aromatic rings. The Morgan fingerprint density at radius 2 is 1.55 bits per heavy atom. The molecule has 0 bridgehead atoms. The van der Waals surface area contributed by atoms with Crippen LogP contribution in [0.15, 0.2) is 73.1 Å². The monoisotopic (exact) mass is 521 g/mol. The average Bonchev–Trinajstić information content (AvgIpc) is 2.68. The van der Waals surface area contributed by atoms with Gasteiger partial charge in [0.05, 0.1) is 11.9 Å². The number of sulfonamides is 1. The molecular formula is C21H20IN3O3S. The molecule has 150 valence electrons. The number of nitrogens with zero attached hydrogens (tertiary/aromatic N) is 2. The zero-order valence-corrected chi connectivity index (χ0v) is 18.7. The van der Waals surface area contributed by atoms with Crippen molar-refractivity contribution in [1.29, 1.82) is 0 Å². The van der Waals surface area contributed by atoms with Crippen LogP contribution in [0.2, 0.25) is 0 Å². The number of benzene rings is 2. The molecule has 8 heteroatoms. The Bertz CT molecular complexity index is 1070. The molecule has 0 atom stereocenters. The number of hydrogen-bond acceptors (Lipinski definition) is 4. The van der Waals surface area contributed by atoms with Crippen LogP contribution in [0, 0.1) is 3.57 Å². The molecule has 0 aliphatic carbocycles. The lowest BCUT2D eigenvalue weighted by Crippen LogP contribution is -2.37. The summed E-state index contributed by atoms with van der Waals surface area (Å²) < 4.78 is 26.4. The lowest BCUT2D eigenvalue weighted by atomic mass is 10.1. The van der Waals surface area contributed by atoms with Crippen molar-refractivity contribution in [2.45, 2.75) is 6.42 Å². The predicted octanol–water partition coefficient (Wildman–Crippen LogP) is 3.68. The van der Waals surface area contributed by atoms with Gasteiger partial charge in [-0.2, -0.15) is 0 Å². The molecular weight excluding hydrogens is 501 g/mol. The molecule has 0 saturated carbocycles. The summed E-state index contributed by atoms with van der Waals surface area (Å²) >= 11 is 2.14. The summed E-state index contributed by atoms with van der Waals surface area (Å²) in [7, 11) is -3.59. The Labute approximate surface area is 184 Å². The van der Waals surface area contributed by atoms with Crippen molar-refractivity contribution >= 4 is 49.9 Å². The number of rotatable bonds is 7. The lowest BCUT2D eigenvalue weighted by Gasteiger charge is -2.22. The summed E-state index contributed by atoms with van der Waals surface area (Å²) in [6, 6.07) is 18.4. The first-order valence-electron chi connectivity index (χ1n) is 8.82. The zero-order valence-electron chi connectivity index (χ0n) is 15.7. The fourth-order valence-electron chi connectivity index (χ4n) is 2.78. The summed E-state index contributed by atoms with van der Waals surface area (Å²) in [5.41, 5.74) is 3.32. The van der Waals surface area contributed by atoms with Crippen LogP contribution in [0.1, 0.15) is 11.1 Å². The molecule has 0 aliphatic heterocycles. The normalized spacial score (nSPS) is 11.1. The van der Waals surface area contributed by atoms with E-state index in [4.69, 9.17) is 0 Å².